The zero-order valence-electron chi connectivity index (χ0n) is 16.7. The Hall–Kier alpha value is -1.89. The smallest absolute Gasteiger partial charge is 0.0829 e. The average Bonchev–Trinajstić information content (AvgIpc) is 2.73. The minimum absolute atomic E-state index is 0.436. The van der Waals surface area contributed by atoms with Crippen molar-refractivity contribution in [3.63, 3.8) is 0 Å². The predicted molar refractivity (Wildman–Crippen MR) is 115 cm³/mol. The van der Waals surface area contributed by atoms with Gasteiger partial charge in [-0.2, -0.15) is 0 Å². The van der Waals surface area contributed by atoms with Crippen LogP contribution < -0.4 is 0 Å². The standard InChI is InChI=1S/C26H33F/c1-2-3-4-5-6-21-7-11-23(12-8-21)25-15-17-26(18-16-25)24-13-9-22(10-14-24)19-20-27/h7-8,11-12,15-20,22,24H,2-6,9-10,13-14H2,1H3/b20-19+. The summed E-state index contributed by atoms with van der Waals surface area (Å²) in [5.41, 5.74) is 5.49. The summed E-state index contributed by atoms with van der Waals surface area (Å²) in [7, 11) is 0. The number of halogens is 1. The zero-order chi connectivity index (χ0) is 18.9. The maximum atomic E-state index is 12.3. The van der Waals surface area contributed by atoms with Gasteiger partial charge in [0.2, 0.25) is 0 Å². The molecule has 1 fully saturated rings. The maximum Gasteiger partial charge on any atom is 0.0829 e. The zero-order valence-corrected chi connectivity index (χ0v) is 16.7. The van der Waals surface area contributed by atoms with E-state index in [1.807, 2.05) is 0 Å². The van der Waals surface area contributed by atoms with Crippen molar-refractivity contribution in [2.24, 2.45) is 5.92 Å². The van der Waals surface area contributed by atoms with Gasteiger partial charge in [0, 0.05) is 0 Å². The lowest BCUT2D eigenvalue weighted by molar-refractivity contribution is 0.373. The van der Waals surface area contributed by atoms with E-state index in [0.717, 1.165) is 19.2 Å². The van der Waals surface area contributed by atoms with Crippen LogP contribution in [-0.4, -0.2) is 0 Å². The molecule has 0 aliphatic heterocycles. The number of rotatable bonds is 8. The summed E-state index contributed by atoms with van der Waals surface area (Å²) in [6.07, 6.45) is 13.5. The molecule has 0 unspecified atom stereocenters. The SMILES string of the molecule is CCCCCCc1ccc(-c2ccc(C3CCC(/C=C/F)CC3)cc2)cc1. The predicted octanol–water partition coefficient (Wildman–Crippen LogP) is 8.23. The van der Waals surface area contributed by atoms with Crippen molar-refractivity contribution in [3.8, 4) is 11.1 Å². The Kier molecular flexibility index (Phi) is 7.68. The van der Waals surface area contributed by atoms with Gasteiger partial charge in [-0.1, -0.05) is 80.8 Å². The summed E-state index contributed by atoms with van der Waals surface area (Å²) >= 11 is 0. The first kappa shape index (κ1) is 19.9. The quantitative estimate of drug-likeness (QED) is 0.414. The van der Waals surface area contributed by atoms with E-state index in [4.69, 9.17) is 0 Å². The second-order valence-corrected chi connectivity index (χ2v) is 8.06. The molecule has 0 nitrogen and oxygen atoms in total. The molecule has 0 N–H and O–H groups in total. The lowest BCUT2D eigenvalue weighted by Gasteiger charge is -2.27. The van der Waals surface area contributed by atoms with Crippen molar-refractivity contribution in [3.05, 3.63) is 72.1 Å². The Balaban J connectivity index is 1.55. The van der Waals surface area contributed by atoms with Crippen LogP contribution in [0.15, 0.2) is 60.9 Å². The first-order chi connectivity index (χ1) is 13.3. The van der Waals surface area contributed by atoms with E-state index in [-0.39, 0.29) is 0 Å². The van der Waals surface area contributed by atoms with Crippen molar-refractivity contribution < 1.29 is 4.39 Å². The monoisotopic (exact) mass is 364 g/mol. The van der Waals surface area contributed by atoms with Crippen molar-refractivity contribution in [2.75, 3.05) is 0 Å². The molecule has 0 bridgehead atoms. The van der Waals surface area contributed by atoms with Gasteiger partial charge >= 0.3 is 0 Å². The molecule has 0 aromatic heterocycles. The molecule has 0 spiro atoms. The molecule has 3 rings (SSSR count). The molecular weight excluding hydrogens is 331 g/mol. The van der Waals surface area contributed by atoms with E-state index in [2.05, 4.69) is 55.5 Å². The Morgan fingerprint density at radius 3 is 2.04 bits per heavy atom. The highest BCUT2D eigenvalue weighted by atomic mass is 19.1. The fraction of sp³-hybridized carbons (Fsp3) is 0.462. The van der Waals surface area contributed by atoms with E-state index in [0.29, 0.717) is 11.8 Å². The molecule has 2 aromatic carbocycles. The van der Waals surface area contributed by atoms with Gasteiger partial charge in [0.1, 0.15) is 0 Å². The van der Waals surface area contributed by atoms with E-state index in [1.54, 1.807) is 6.08 Å². The van der Waals surface area contributed by atoms with E-state index in [1.165, 1.54) is 67.2 Å². The van der Waals surface area contributed by atoms with Gasteiger partial charge in [-0.3, -0.25) is 0 Å². The van der Waals surface area contributed by atoms with E-state index in [9.17, 15) is 4.39 Å². The Morgan fingerprint density at radius 2 is 1.44 bits per heavy atom. The fourth-order valence-corrected chi connectivity index (χ4v) is 4.32. The van der Waals surface area contributed by atoms with Gasteiger partial charge in [0.15, 0.2) is 0 Å². The Morgan fingerprint density at radius 1 is 0.815 bits per heavy atom. The van der Waals surface area contributed by atoms with Gasteiger partial charge in [-0.05, 0) is 72.6 Å². The van der Waals surface area contributed by atoms with Crippen LogP contribution in [-0.2, 0) is 6.42 Å². The third-order valence-corrected chi connectivity index (χ3v) is 6.11. The summed E-state index contributed by atoms with van der Waals surface area (Å²) in [6.45, 7) is 2.26. The number of hydrogen-bond acceptors (Lipinski definition) is 0. The fourth-order valence-electron chi connectivity index (χ4n) is 4.32. The van der Waals surface area contributed by atoms with Gasteiger partial charge in [0.05, 0.1) is 6.33 Å². The molecule has 0 saturated heterocycles. The van der Waals surface area contributed by atoms with Gasteiger partial charge < -0.3 is 0 Å². The molecule has 0 atom stereocenters. The molecule has 0 heterocycles. The highest BCUT2D eigenvalue weighted by molar-refractivity contribution is 5.64. The van der Waals surface area contributed by atoms with Crippen LogP contribution in [0.5, 0.6) is 0 Å². The largest absolute Gasteiger partial charge is 0.216 e. The molecule has 144 valence electrons. The molecule has 2 aromatic rings. The first-order valence-corrected chi connectivity index (χ1v) is 10.8. The molecule has 27 heavy (non-hydrogen) atoms. The number of benzene rings is 2. The molecule has 1 heteroatoms. The Labute approximate surface area is 164 Å². The summed E-state index contributed by atoms with van der Waals surface area (Å²) < 4.78 is 12.3. The third kappa shape index (κ3) is 5.79. The van der Waals surface area contributed by atoms with Gasteiger partial charge in [-0.15, -0.1) is 0 Å². The average molecular weight is 365 g/mol. The van der Waals surface area contributed by atoms with Crippen molar-refractivity contribution >= 4 is 0 Å². The second kappa shape index (κ2) is 10.4. The summed E-state index contributed by atoms with van der Waals surface area (Å²) in [5.74, 6) is 1.07. The molecule has 0 amide bonds. The number of allylic oxidation sites excluding steroid dienone is 1. The minimum atomic E-state index is 0.436. The maximum absolute atomic E-state index is 12.3. The summed E-state index contributed by atoms with van der Waals surface area (Å²) in [6, 6.07) is 18.2. The van der Waals surface area contributed by atoms with E-state index < -0.39 is 0 Å². The molecule has 0 radical (unpaired) electrons. The lowest BCUT2D eigenvalue weighted by atomic mass is 9.78. The number of hydrogen-bond donors (Lipinski definition) is 0. The van der Waals surface area contributed by atoms with Gasteiger partial charge in [0.25, 0.3) is 0 Å². The number of aryl methyl sites for hydroxylation is 1. The van der Waals surface area contributed by atoms with Crippen LogP contribution in [0.3, 0.4) is 0 Å². The molecule has 1 aliphatic rings. The second-order valence-electron chi connectivity index (χ2n) is 8.06. The van der Waals surface area contributed by atoms with Crippen LogP contribution in [0, 0.1) is 5.92 Å². The van der Waals surface area contributed by atoms with Crippen LogP contribution in [0.25, 0.3) is 11.1 Å². The van der Waals surface area contributed by atoms with Crippen LogP contribution >= 0.6 is 0 Å². The van der Waals surface area contributed by atoms with Gasteiger partial charge in [-0.25, -0.2) is 4.39 Å². The van der Waals surface area contributed by atoms with Crippen molar-refractivity contribution in [1.82, 2.24) is 0 Å². The van der Waals surface area contributed by atoms with Crippen LogP contribution in [0.2, 0.25) is 0 Å². The minimum Gasteiger partial charge on any atom is -0.216 e. The Bertz CT molecular complexity index is 688. The molecule has 1 saturated carbocycles. The van der Waals surface area contributed by atoms with Crippen molar-refractivity contribution in [1.29, 1.82) is 0 Å². The topological polar surface area (TPSA) is 0 Å². The van der Waals surface area contributed by atoms with Crippen molar-refractivity contribution in [2.45, 2.75) is 70.6 Å². The molecule has 1 aliphatic carbocycles. The number of unbranched alkanes of at least 4 members (excludes halogenated alkanes) is 3. The normalized spacial score (nSPS) is 20.2. The van der Waals surface area contributed by atoms with E-state index >= 15 is 0 Å². The lowest BCUT2D eigenvalue weighted by Crippen LogP contribution is -2.11. The highest BCUT2D eigenvalue weighted by Gasteiger charge is 2.20. The first-order valence-electron chi connectivity index (χ1n) is 10.8. The molecular formula is C26H33F. The summed E-state index contributed by atoms with van der Waals surface area (Å²) in [5, 5.41) is 0. The third-order valence-electron chi connectivity index (χ3n) is 6.11. The highest BCUT2D eigenvalue weighted by Crippen LogP contribution is 2.37. The van der Waals surface area contributed by atoms with Crippen LogP contribution in [0.1, 0.15) is 75.3 Å². The van der Waals surface area contributed by atoms with Crippen LogP contribution in [0.4, 0.5) is 4.39 Å². The summed E-state index contributed by atoms with van der Waals surface area (Å²) in [4.78, 5) is 0.